The molecule has 2 aromatic rings. The van der Waals surface area contributed by atoms with E-state index in [1.54, 1.807) is 12.0 Å². The van der Waals surface area contributed by atoms with Crippen molar-refractivity contribution in [3.8, 4) is 11.5 Å². The molecular formula is C21H28N3O2S+. The van der Waals surface area contributed by atoms with Crippen LogP contribution in [0.5, 0.6) is 11.5 Å². The first kappa shape index (κ1) is 19.5. The van der Waals surface area contributed by atoms with E-state index in [2.05, 4.69) is 29.3 Å². The van der Waals surface area contributed by atoms with Gasteiger partial charge < -0.3 is 24.6 Å². The zero-order valence-electron chi connectivity index (χ0n) is 16.0. The second-order valence-corrected chi connectivity index (χ2v) is 7.14. The van der Waals surface area contributed by atoms with Crippen LogP contribution < -0.4 is 19.7 Å². The minimum Gasteiger partial charge on any atom is -0.497 e. The smallest absolute Gasteiger partial charge is 0.173 e. The Morgan fingerprint density at radius 2 is 1.74 bits per heavy atom. The maximum Gasteiger partial charge on any atom is 0.173 e. The highest BCUT2D eigenvalue weighted by Crippen LogP contribution is 2.16. The van der Waals surface area contributed by atoms with Crippen LogP contribution in [0, 0.1) is 6.92 Å². The molecule has 0 atom stereocenters. The Bertz CT molecular complexity index is 743. The van der Waals surface area contributed by atoms with Crippen molar-refractivity contribution < 1.29 is 14.4 Å². The molecule has 5 nitrogen and oxygen atoms in total. The number of rotatable bonds is 6. The number of quaternary nitrogens is 1. The molecule has 0 amide bonds. The highest BCUT2D eigenvalue weighted by atomic mass is 32.1. The van der Waals surface area contributed by atoms with Gasteiger partial charge in [0.25, 0.3) is 0 Å². The largest absolute Gasteiger partial charge is 0.497 e. The molecule has 2 N–H and O–H groups in total. The Morgan fingerprint density at radius 1 is 1.07 bits per heavy atom. The van der Waals surface area contributed by atoms with E-state index >= 15 is 0 Å². The van der Waals surface area contributed by atoms with Crippen molar-refractivity contribution in [2.24, 2.45) is 0 Å². The molecule has 2 aromatic carbocycles. The van der Waals surface area contributed by atoms with Crippen LogP contribution in [0.2, 0.25) is 0 Å². The summed E-state index contributed by atoms with van der Waals surface area (Å²) in [6, 6.07) is 16.0. The van der Waals surface area contributed by atoms with Gasteiger partial charge in [-0.2, -0.15) is 0 Å². The van der Waals surface area contributed by atoms with Crippen molar-refractivity contribution in [3.05, 3.63) is 54.1 Å². The summed E-state index contributed by atoms with van der Waals surface area (Å²) in [5.41, 5.74) is 2.30. The fourth-order valence-electron chi connectivity index (χ4n) is 3.17. The first-order valence-electron chi connectivity index (χ1n) is 9.37. The zero-order valence-corrected chi connectivity index (χ0v) is 16.8. The predicted octanol–water partition coefficient (Wildman–Crippen LogP) is 1.98. The second-order valence-electron chi connectivity index (χ2n) is 6.76. The third-order valence-electron chi connectivity index (χ3n) is 4.93. The third kappa shape index (κ3) is 5.58. The Hall–Kier alpha value is -2.31. The molecule has 1 aliphatic rings. The summed E-state index contributed by atoms with van der Waals surface area (Å²) in [7, 11) is 1.67. The van der Waals surface area contributed by atoms with Gasteiger partial charge in [0.05, 0.1) is 33.3 Å². The van der Waals surface area contributed by atoms with Gasteiger partial charge in [0, 0.05) is 5.69 Å². The number of hydrogen-bond donors (Lipinski definition) is 2. The molecule has 0 aromatic heterocycles. The Morgan fingerprint density at radius 3 is 2.41 bits per heavy atom. The number of ether oxygens (including phenoxy) is 2. The molecule has 0 bridgehead atoms. The number of nitrogens with one attached hydrogen (secondary N) is 2. The molecule has 27 heavy (non-hydrogen) atoms. The summed E-state index contributed by atoms with van der Waals surface area (Å²) in [5, 5.41) is 4.20. The molecule has 0 aliphatic carbocycles. The number of hydrogen-bond acceptors (Lipinski definition) is 3. The highest BCUT2D eigenvalue weighted by molar-refractivity contribution is 7.80. The van der Waals surface area contributed by atoms with Gasteiger partial charge in [0.15, 0.2) is 5.11 Å². The second kappa shape index (κ2) is 9.58. The lowest BCUT2D eigenvalue weighted by Crippen LogP contribution is -3.15. The molecule has 1 heterocycles. The zero-order chi connectivity index (χ0) is 19.1. The van der Waals surface area contributed by atoms with Crippen molar-refractivity contribution in [1.29, 1.82) is 0 Å². The van der Waals surface area contributed by atoms with Crippen LogP contribution in [0.1, 0.15) is 5.56 Å². The van der Waals surface area contributed by atoms with E-state index in [1.807, 2.05) is 36.4 Å². The quantitative estimate of drug-likeness (QED) is 0.743. The molecule has 0 saturated carbocycles. The number of nitrogens with zero attached hydrogens (tertiary/aromatic N) is 1. The standard InChI is InChI=1S/C21H27N3O2S/c1-17-5-3-4-6-20(17)22-21(27)24-13-11-23(12-14-24)15-16-26-19-9-7-18(25-2)8-10-19/h3-10H,11-16H2,1-2H3,(H,22,27)/p+1. The third-order valence-corrected chi connectivity index (χ3v) is 5.29. The molecular weight excluding hydrogens is 358 g/mol. The lowest BCUT2D eigenvalue weighted by molar-refractivity contribution is -0.903. The minimum absolute atomic E-state index is 0.716. The van der Waals surface area contributed by atoms with E-state index in [0.717, 1.165) is 55.0 Å². The molecule has 1 saturated heterocycles. The van der Waals surface area contributed by atoms with Gasteiger partial charge >= 0.3 is 0 Å². The fraction of sp³-hybridized carbons (Fsp3) is 0.381. The molecule has 1 fully saturated rings. The van der Waals surface area contributed by atoms with Crippen LogP contribution in [0.15, 0.2) is 48.5 Å². The van der Waals surface area contributed by atoms with Crippen molar-refractivity contribution >= 4 is 23.0 Å². The highest BCUT2D eigenvalue weighted by Gasteiger charge is 2.21. The Labute approximate surface area is 166 Å². The Balaban J connectivity index is 1.38. The summed E-state index contributed by atoms with van der Waals surface area (Å²) < 4.78 is 11.0. The van der Waals surface area contributed by atoms with Gasteiger partial charge in [0.1, 0.15) is 24.7 Å². The van der Waals surface area contributed by atoms with E-state index in [1.165, 1.54) is 5.56 Å². The number of aryl methyl sites for hydroxylation is 1. The van der Waals surface area contributed by atoms with E-state index in [-0.39, 0.29) is 0 Å². The molecule has 3 rings (SSSR count). The summed E-state index contributed by atoms with van der Waals surface area (Å²) in [6.45, 7) is 7.88. The number of benzene rings is 2. The maximum absolute atomic E-state index is 5.85. The fourth-order valence-corrected chi connectivity index (χ4v) is 3.46. The van der Waals surface area contributed by atoms with Crippen LogP contribution in [-0.2, 0) is 0 Å². The average Bonchev–Trinajstić information content (AvgIpc) is 2.71. The van der Waals surface area contributed by atoms with Crippen LogP contribution in [-0.4, -0.2) is 56.5 Å². The summed E-state index contributed by atoms with van der Waals surface area (Å²) >= 11 is 5.60. The van der Waals surface area contributed by atoms with E-state index < -0.39 is 0 Å². The summed E-state index contributed by atoms with van der Waals surface area (Å²) in [6.07, 6.45) is 0. The first-order chi connectivity index (χ1) is 13.2. The number of thiocarbonyl (C=S) groups is 1. The van der Waals surface area contributed by atoms with Gasteiger partial charge in [-0.3, -0.25) is 0 Å². The Kier molecular flexibility index (Phi) is 6.90. The molecule has 6 heteroatoms. The van der Waals surface area contributed by atoms with E-state index in [4.69, 9.17) is 21.7 Å². The number of methoxy groups -OCH3 is 1. The van der Waals surface area contributed by atoms with E-state index in [0.29, 0.717) is 6.61 Å². The van der Waals surface area contributed by atoms with Gasteiger partial charge in [0.2, 0.25) is 0 Å². The molecule has 0 spiro atoms. The van der Waals surface area contributed by atoms with Crippen LogP contribution in [0.25, 0.3) is 0 Å². The SMILES string of the molecule is COc1ccc(OCC[NH+]2CCN(C(=S)Nc3ccccc3C)CC2)cc1. The van der Waals surface area contributed by atoms with Crippen molar-refractivity contribution in [1.82, 2.24) is 4.90 Å². The normalized spacial score (nSPS) is 14.7. The monoisotopic (exact) mass is 386 g/mol. The lowest BCUT2D eigenvalue weighted by Gasteiger charge is -2.34. The summed E-state index contributed by atoms with van der Waals surface area (Å²) in [5.74, 6) is 1.73. The minimum atomic E-state index is 0.716. The molecule has 144 valence electrons. The van der Waals surface area contributed by atoms with Crippen molar-refractivity contribution in [3.63, 3.8) is 0 Å². The van der Waals surface area contributed by atoms with Gasteiger partial charge in [-0.15, -0.1) is 0 Å². The van der Waals surface area contributed by atoms with Gasteiger partial charge in [-0.1, -0.05) is 18.2 Å². The average molecular weight is 387 g/mol. The van der Waals surface area contributed by atoms with Crippen molar-refractivity contribution in [2.75, 3.05) is 51.8 Å². The van der Waals surface area contributed by atoms with Gasteiger partial charge in [-0.25, -0.2) is 0 Å². The molecule has 0 radical (unpaired) electrons. The van der Waals surface area contributed by atoms with Crippen LogP contribution in [0.3, 0.4) is 0 Å². The number of piperazine rings is 1. The molecule has 1 aliphatic heterocycles. The topological polar surface area (TPSA) is 38.2 Å². The van der Waals surface area contributed by atoms with Crippen molar-refractivity contribution in [2.45, 2.75) is 6.92 Å². The maximum atomic E-state index is 5.85. The molecule has 0 unspecified atom stereocenters. The predicted molar refractivity (Wildman–Crippen MR) is 113 cm³/mol. The number of anilines is 1. The number of para-hydroxylation sites is 1. The van der Waals surface area contributed by atoms with Crippen LogP contribution in [0.4, 0.5) is 5.69 Å². The first-order valence-corrected chi connectivity index (χ1v) is 9.78. The van der Waals surface area contributed by atoms with Gasteiger partial charge in [-0.05, 0) is 55.0 Å². The summed E-state index contributed by atoms with van der Waals surface area (Å²) in [4.78, 5) is 3.81. The van der Waals surface area contributed by atoms with E-state index in [9.17, 15) is 0 Å². The lowest BCUT2D eigenvalue weighted by atomic mass is 10.2. The van der Waals surface area contributed by atoms with Crippen LogP contribution >= 0.6 is 12.2 Å².